The Morgan fingerprint density at radius 2 is 1.56 bits per heavy atom. The second-order valence-electron chi connectivity index (χ2n) is 12.2. The van der Waals surface area contributed by atoms with Crippen molar-refractivity contribution in [2.24, 2.45) is 5.92 Å². The van der Waals surface area contributed by atoms with Crippen LogP contribution in [0, 0.1) is 26.7 Å². The van der Waals surface area contributed by atoms with Crippen LogP contribution < -0.4 is 15.4 Å². The van der Waals surface area contributed by atoms with Gasteiger partial charge in [-0.25, -0.2) is 4.79 Å². The van der Waals surface area contributed by atoms with Gasteiger partial charge >= 0.3 is 6.09 Å². The van der Waals surface area contributed by atoms with E-state index in [1.165, 1.54) is 0 Å². The molecule has 240 valence electrons. The fourth-order valence-electron chi connectivity index (χ4n) is 6.37. The predicted molar refractivity (Wildman–Crippen MR) is 170 cm³/mol. The van der Waals surface area contributed by atoms with Gasteiger partial charge in [-0.1, -0.05) is 78.4 Å². The Hall–Kier alpha value is -3.92. The molecule has 0 aromatic heterocycles. The van der Waals surface area contributed by atoms with Gasteiger partial charge in [0.1, 0.15) is 11.9 Å². The summed E-state index contributed by atoms with van der Waals surface area (Å²) in [7, 11) is 0. The lowest BCUT2D eigenvalue weighted by Gasteiger charge is -2.29. The predicted octanol–water partition coefficient (Wildman–Crippen LogP) is 4.57. The second-order valence-corrected chi connectivity index (χ2v) is 12.2. The minimum Gasteiger partial charge on any atom is -0.483 e. The summed E-state index contributed by atoms with van der Waals surface area (Å²) in [6.45, 7) is 6.66. The number of nitrogens with one attached hydrogen (secondary N) is 2. The maximum Gasteiger partial charge on any atom is 0.407 e. The lowest BCUT2D eigenvalue weighted by molar-refractivity contribution is -0.124. The molecule has 2 amide bonds. The van der Waals surface area contributed by atoms with E-state index in [-0.39, 0.29) is 37.7 Å². The zero-order chi connectivity index (χ0) is 31.8. The van der Waals surface area contributed by atoms with Crippen molar-refractivity contribution in [1.29, 1.82) is 0 Å². The van der Waals surface area contributed by atoms with Crippen molar-refractivity contribution in [3.63, 3.8) is 0 Å². The molecule has 0 saturated carbocycles. The number of aryl methyl sites for hydroxylation is 3. The molecule has 9 nitrogen and oxygen atoms in total. The molecule has 0 spiro atoms. The van der Waals surface area contributed by atoms with E-state index in [1.807, 2.05) is 93.6 Å². The van der Waals surface area contributed by atoms with Gasteiger partial charge in [-0.3, -0.25) is 4.79 Å². The van der Waals surface area contributed by atoms with Crippen LogP contribution in [0.5, 0.6) is 5.75 Å². The maximum absolute atomic E-state index is 13.2. The number of amides is 2. The van der Waals surface area contributed by atoms with Crippen LogP contribution in [0.25, 0.3) is 0 Å². The third-order valence-electron chi connectivity index (χ3n) is 8.48. The van der Waals surface area contributed by atoms with E-state index in [0.717, 1.165) is 34.2 Å². The molecule has 3 aromatic carbocycles. The number of hydrogen-bond donors (Lipinski definition) is 3. The summed E-state index contributed by atoms with van der Waals surface area (Å²) in [5, 5.41) is 17.6. The molecule has 0 aliphatic carbocycles. The normalized spacial score (nSPS) is 20.9. The van der Waals surface area contributed by atoms with E-state index in [2.05, 4.69) is 10.6 Å². The number of hydrogen-bond acceptors (Lipinski definition) is 7. The van der Waals surface area contributed by atoms with Gasteiger partial charge in [-0.15, -0.1) is 0 Å². The van der Waals surface area contributed by atoms with Crippen molar-refractivity contribution in [2.75, 3.05) is 19.8 Å². The van der Waals surface area contributed by atoms with Gasteiger partial charge in [0, 0.05) is 6.04 Å². The largest absolute Gasteiger partial charge is 0.483 e. The highest BCUT2D eigenvalue weighted by Gasteiger charge is 2.44. The number of alkyl carbamates (subject to hydrolysis) is 1. The Morgan fingerprint density at radius 1 is 0.911 bits per heavy atom. The van der Waals surface area contributed by atoms with Gasteiger partial charge in [-0.2, -0.15) is 0 Å². The summed E-state index contributed by atoms with van der Waals surface area (Å²) < 4.78 is 22.9. The van der Waals surface area contributed by atoms with Crippen LogP contribution in [0.4, 0.5) is 4.79 Å². The van der Waals surface area contributed by atoms with E-state index in [4.69, 9.17) is 18.9 Å². The lowest BCUT2D eigenvalue weighted by atomic mass is 9.93. The first-order chi connectivity index (χ1) is 21.7. The number of carbonyl (C=O) groups is 2. The molecule has 2 unspecified atom stereocenters. The molecular weight excluding hydrogens is 572 g/mol. The van der Waals surface area contributed by atoms with E-state index in [1.54, 1.807) is 0 Å². The van der Waals surface area contributed by atoms with Gasteiger partial charge in [0.15, 0.2) is 12.9 Å². The average Bonchev–Trinajstić information content (AvgIpc) is 3.62. The molecule has 0 radical (unpaired) electrons. The number of rotatable bonds is 13. The van der Waals surface area contributed by atoms with E-state index in [9.17, 15) is 14.7 Å². The summed E-state index contributed by atoms with van der Waals surface area (Å²) in [5.74, 6) is 0.418. The number of fused-ring (bicyclic) bond motifs is 1. The van der Waals surface area contributed by atoms with Crippen LogP contribution in [0.15, 0.2) is 72.8 Å². The van der Waals surface area contributed by atoms with E-state index >= 15 is 0 Å². The van der Waals surface area contributed by atoms with Crippen molar-refractivity contribution in [3.05, 3.63) is 101 Å². The molecule has 0 bridgehead atoms. The fraction of sp³-hybridized carbons (Fsp3) is 0.444. The Labute approximate surface area is 265 Å². The molecule has 9 heteroatoms. The summed E-state index contributed by atoms with van der Waals surface area (Å²) in [6.07, 6.45) is -0.491. The molecule has 6 atom stereocenters. The Bertz CT molecular complexity index is 1390. The lowest BCUT2D eigenvalue weighted by Crippen LogP contribution is -2.50. The first-order valence-corrected chi connectivity index (χ1v) is 15.7. The third-order valence-corrected chi connectivity index (χ3v) is 8.48. The van der Waals surface area contributed by atoms with Crippen LogP contribution in [0.1, 0.15) is 40.7 Å². The first kappa shape index (κ1) is 32.5. The Balaban J connectivity index is 1.26. The van der Waals surface area contributed by atoms with Crippen molar-refractivity contribution >= 4 is 12.0 Å². The zero-order valence-corrected chi connectivity index (χ0v) is 26.2. The number of aliphatic hydroxyl groups excluding tert-OH is 1. The minimum atomic E-state index is -0.989. The number of aliphatic hydroxyl groups is 1. The molecule has 3 N–H and O–H groups in total. The van der Waals surface area contributed by atoms with Crippen LogP contribution in [-0.4, -0.2) is 67.5 Å². The van der Waals surface area contributed by atoms with Gasteiger partial charge in [0.25, 0.3) is 5.91 Å². The Morgan fingerprint density at radius 3 is 2.22 bits per heavy atom. The minimum absolute atomic E-state index is 0.00779. The highest BCUT2D eigenvalue weighted by molar-refractivity contribution is 5.78. The maximum atomic E-state index is 13.2. The second kappa shape index (κ2) is 15.4. The van der Waals surface area contributed by atoms with Gasteiger partial charge in [-0.05, 0) is 68.7 Å². The number of ether oxygens (including phenoxy) is 4. The smallest absolute Gasteiger partial charge is 0.407 e. The summed E-state index contributed by atoms with van der Waals surface area (Å²) in [6, 6.07) is 22.4. The molecule has 3 aromatic rings. The standard InChI is InChI=1S/C36H44N2O7/c1-23-16-24(2)34(25(3)17-23)43-22-33(40)37-28(18-26-10-6-4-7-11-26)20-31(39)30(19-27-12-8-5-9-13-27)38-36(41)45-32-21-44-35-29(32)14-15-42-35/h4-13,16-17,28-32,35,39H,14-15,18-22H2,1-3H3,(H,37,40)(H,38,41)/t28-,29?,30-,31-,32-,35?/m0/s1. The third kappa shape index (κ3) is 9.06. The molecule has 5 rings (SSSR count). The molecule has 2 aliphatic rings. The highest BCUT2D eigenvalue weighted by atomic mass is 16.7. The van der Waals surface area contributed by atoms with Crippen LogP contribution >= 0.6 is 0 Å². The number of carbonyl (C=O) groups excluding carboxylic acids is 2. The van der Waals surface area contributed by atoms with Gasteiger partial charge in [0.05, 0.1) is 31.3 Å². The molecule has 2 aliphatic heterocycles. The molecule has 2 saturated heterocycles. The van der Waals surface area contributed by atoms with Crippen LogP contribution in [0.3, 0.4) is 0 Å². The fourth-order valence-corrected chi connectivity index (χ4v) is 6.37. The van der Waals surface area contributed by atoms with E-state index in [0.29, 0.717) is 25.2 Å². The molecule has 2 heterocycles. The average molecular weight is 617 g/mol. The summed E-state index contributed by atoms with van der Waals surface area (Å²) >= 11 is 0. The van der Waals surface area contributed by atoms with Crippen molar-refractivity contribution < 1.29 is 33.6 Å². The van der Waals surface area contributed by atoms with Crippen molar-refractivity contribution in [2.45, 2.75) is 77.0 Å². The van der Waals surface area contributed by atoms with Crippen molar-refractivity contribution in [3.8, 4) is 5.75 Å². The zero-order valence-electron chi connectivity index (χ0n) is 26.2. The van der Waals surface area contributed by atoms with Crippen molar-refractivity contribution in [1.82, 2.24) is 10.6 Å². The highest BCUT2D eigenvalue weighted by Crippen LogP contribution is 2.33. The number of benzene rings is 3. The monoisotopic (exact) mass is 616 g/mol. The summed E-state index contributed by atoms with van der Waals surface area (Å²) in [5.41, 5.74) is 5.05. The molecule has 2 fully saturated rings. The molecule has 45 heavy (non-hydrogen) atoms. The first-order valence-electron chi connectivity index (χ1n) is 15.7. The SMILES string of the molecule is Cc1cc(C)c(OCC(=O)N[C@@H](Cc2ccccc2)C[C@H](O)[C@H](Cc2ccccc2)NC(=O)O[C@H]2COC3OCCC32)c(C)c1. The van der Waals surface area contributed by atoms with E-state index < -0.39 is 30.4 Å². The topological polar surface area (TPSA) is 115 Å². The van der Waals surface area contributed by atoms with Crippen LogP contribution in [-0.2, 0) is 31.8 Å². The van der Waals surface area contributed by atoms with Gasteiger partial charge in [0.2, 0.25) is 0 Å². The van der Waals surface area contributed by atoms with Gasteiger partial charge < -0.3 is 34.7 Å². The summed E-state index contributed by atoms with van der Waals surface area (Å²) in [4.78, 5) is 26.3. The molecular formula is C36H44N2O7. The van der Waals surface area contributed by atoms with Crippen LogP contribution in [0.2, 0.25) is 0 Å². The quantitative estimate of drug-likeness (QED) is 0.258. The Kier molecular flexibility index (Phi) is 11.1.